The third kappa shape index (κ3) is 4.22. The summed E-state index contributed by atoms with van der Waals surface area (Å²) in [5.41, 5.74) is 0.270. The van der Waals surface area contributed by atoms with Crippen LogP contribution in [0.5, 0.6) is 11.5 Å². The van der Waals surface area contributed by atoms with Crippen LogP contribution in [0.4, 0.5) is 11.4 Å². The minimum Gasteiger partial charge on any atom is -0.497 e. The summed E-state index contributed by atoms with van der Waals surface area (Å²) < 4.78 is 10.4. The fourth-order valence-corrected chi connectivity index (χ4v) is 2.01. The molecule has 0 fully saturated rings. The van der Waals surface area contributed by atoms with Gasteiger partial charge in [-0.1, -0.05) is 6.92 Å². The molecule has 0 heterocycles. The molecule has 2 aromatic rings. The van der Waals surface area contributed by atoms with E-state index in [-0.39, 0.29) is 11.4 Å². The van der Waals surface area contributed by atoms with Crippen LogP contribution in [0.25, 0.3) is 0 Å². The van der Waals surface area contributed by atoms with Crippen molar-refractivity contribution < 1.29 is 19.2 Å². The van der Waals surface area contributed by atoms with Crippen molar-refractivity contribution in [2.45, 2.75) is 13.3 Å². The van der Waals surface area contributed by atoms with Crippen molar-refractivity contribution in [1.29, 1.82) is 0 Å². The zero-order valence-electron chi connectivity index (χ0n) is 13.4. The Morgan fingerprint density at radius 2 is 1.83 bits per heavy atom. The number of hydrogen-bond donors (Lipinski definition) is 1. The van der Waals surface area contributed by atoms with Crippen LogP contribution in [-0.4, -0.2) is 24.5 Å². The first-order chi connectivity index (χ1) is 11.5. The Balaban J connectivity index is 2.20. The minimum atomic E-state index is -0.553. The average Bonchev–Trinajstić information content (AvgIpc) is 2.60. The van der Waals surface area contributed by atoms with Gasteiger partial charge in [0.15, 0.2) is 0 Å². The first-order valence-corrected chi connectivity index (χ1v) is 7.41. The molecule has 1 amide bonds. The number of anilines is 1. The lowest BCUT2D eigenvalue weighted by molar-refractivity contribution is -0.384. The van der Waals surface area contributed by atoms with E-state index in [1.54, 1.807) is 30.3 Å². The quantitative estimate of drug-likeness (QED) is 0.618. The van der Waals surface area contributed by atoms with Gasteiger partial charge in [-0.3, -0.25) is 14.9 Å². The Bertz CT molecular complexity index is 728. The monoisotopic (exact) mass is 330 g/mol. The lowest BCUT2D eigenvalue weighted by Crippen LogP contribution is -2.13. The highest BCUT2D eigenvalue weighted by molar-refractivity contribution is 6.05. The second-order valence-corrected chi connectivity index (χ2v) is 4.97. The molecule has 0 aliphatic rings. The molecule has 0 aliphatic carbocycles. The van der Waals surface area contributed by atoms with Crippen LogP contribution in [0.2, 0.25) is 0 Å². The van der Waals surface area contributed by atoms with Crippen LogP contribution in [0, 0.1) is 10.1 Å². The fraction of sp³-hybridized carbons (Fsp3) is 0.235. The zero-order chi connectivity index (χ0) is 17.5. The molecule has 0 aliphatic heterocycles. The van der Waals surface area contributed by atoms with E-state index in [0.29, 0.717) is 23.7 Å². The molecule has 0 saturated heterocycles. The number of nitrogens with one attached hydrogen (secondary N) is 1. The molecule has 2 rings (SSSR count). The van der Waals surface area contributed by atoms with Gasteiger partial charge in [-0.2, -0.15) is 0 Å². The van der Waals surface area contributed by atoms with E-state index in [1.807, 2.05) is 6.92 Å². The Hall–Kier alpha value is -3.09. The fourth-order valence-electron chi connectivity index (χ4n) is 2.01. The van der Waals surface area contributed by atoms with Crippen LogP contribution in [0.15, 0.2) is 42.5 Å². The number of methoxy groups -OCH3 is 1. The molecule has 0 atom stereocenters. The maximum atomic E-state index is 12.2. The van der Waals surface area contributed by atoms with Crippen molar-refractivity contribution in [2.24, 2.45) is 0 Å². The molecule has 0 spiro atoms. The van der Waals surface area contributed by atoms with Crippen LogP contribution >= 0.6 is 0 Å². The van der Waals surface area contributed by atoms with Crippen LogP contribution < -0.4 is 14.8 Å². The van der Waals surface area contributed by atoms with Crippen molar-refractivity contribution in [1.82, 2.24) is 0 Å². The molecule has 0 bridgehead atoms. The second-order valence-electron chi connectivity index (χ2n) is 4.97. The van der Waals surface area contributed by atoms with Gasteiger partial charge < -0.3 is 14.8 Å². The lowest BCUT2D eigenvalue weighted by Gasteiger charge is -2.09. The van der Waals surface area contributed by atoms with E-state index in [1.165, 1.54) is 19.2 Å². The Morgan fingerprint density at radius 3 is 2.42 bits per heavy atom. The largest absolute Gasteiger partial charge is 0.497 e. The molecule has 0 aromatic heterocycles. The zero-order valence-corrected chi connectivity index (χ0v) is 13.4. The smallest absolute Gasteiger partial charge is 0.296 e. The van der Waals surface area contributed by atoms with Gasteiger partial charge in [0, 0.05) is 5.56 Å². The summed E-state index contributed by atoms with van der Waals surface area (Å²) in [7, 11) is 1.53. The van der Waals surface area contributed by atoms with Gasteiger partial charge in [0.25, 0.3) is 11.6 Å². The van der Waals surface area contributed by atoms with E-state index in [9.17, 15) is 14.9 Å². The van der Waals surface area contributed by atoms with Crippen molar-refractivity contribution in [2.75, 3.05) is 19.0 Å². The topological polar surface area (TPSA) is 90.7 Å². The highest BCUT2D eigenvalue weighted by Crippen LogP contribution is 2.29. The van der Waals surface area contributed by atoms with Gasteiger partial charge in [0.1, 0.15) is 17.2 Å². The number of nitro groups is 1. The molecule has 0 saturated carbocycles. The van der Waals surface area contributed by atoms with Gasteiger partial charge in [0.05, 0.1) is 24.7 Å². The van der Waals surface area contributed by atoms with Crippen LogP contribution in [0.1, 0.15) is 23.7 Å². The highest BCUT2D eigenvalue weighted by Gasteiger charge is 2.18. The van der Waals surface area contributed by atoms with Crippen molar-refractivity contribution in [3.63, 3.8) is 0 Å². The summed E-state index contributed by atoms with van der Waals surface area (Å²) in [5, 5.41) is 13.8. The Kier molecular flexibility index (Phi) is 5.73. The Morgan fingerprint density at radius 1 is 1.17 bits per heavy atom. The van der Waals surface area contributed by atoms with Gasteiger partial charge in [-0.25, -0.2) is 0 Å². The van der Waals surface area contributed by atoms with E-state index < -0.39 is 10.8 Å². The van der Waals surface area contributed by atoms with E-state index in [2.05, 4.69) is 5.32 Å². The van der Waals surface area contributed by atoms with Gasteiger partial charge >= 0.3 is 0 Å². The summed E-state index contributed by atoms with van der Waals surface area (Å²) in [5.74, 6) is 0.573. The third-order valence-corrected chi connectivity index (χ3v) is 3.24. The summed E-state index contributed by atoms with van der Waals surface area (Å²) in [6, 6.07) is 10.8. The SMILES string of the molecule is CCCOc1ccc(NC(=O)c2ccc(OC)cc2)c([N+](=O)[O-])c1. The molecule has 7 heteroatoms. The number of hydrogen-bond acceptors (Lipinski definition) is 5. The first kappa shape index (κ1) is 17.3. The summed E-state index contributed by atoms with van der Waals surface area (Å²) in [4.78, 5) is 22.9. The molecular weight excluding hydrogens is 312 g/mol. The molecular formula is C17H18N2O5. The maximum Gasteiger partial charge on any atom is 0.296 e. The van der Waals surface area contributed by atoms with Crippen molar-refractivity contribution in [3.05, 3.63) is 58.1 Å². The van der Waals surface area contributed by atoms with Gasteiger partial charge in [-0.15, -0.1) is 0 Å². The Labute approximate surface area is 139 Å². The van der Waals surface area contributed by atoms with Crippen molar-refractivity contribution in [3.8, 4) is 11.5 Å². The number of carbonyl (C=O) groups excluding carboxylic acids is 1. The minimum absolute atomic E-state index is 0.115. The predicted molar refractivity (Wildman–Crippen MR) is 89.8 cm³/mol. The van der Waals surface area contributed by atoms with Crippen LogP contribution in [0.3, 0.4) is 0 Å². The van der Waals surface area contributed by atoms with E-state index >= 15 is 0 Å². The molecule has 24 heavy (non-hydrogen) atoms. The standard InChI is InChI=1S/C17H18N2O5/c1-3-10-24-14-8-9-15(16(11-14)19(21)22)18-17(20)12-4-6-13(23-2)7-5-12/h4-9,11H,3,10H2,1-2H3,(H,18,20). The third-order valence-electron chi connectivity index (χ3n) is 3.24. The second kappa shape index (κ2) is 7.96. The molecule has 7 nitrogen and oxygen atoms in total. The van der Waals surface area contributed by atoms with Gasteiger partial charge in [-0.05, 0) is 42.8 Å². The first-order valence-electron chi connectivity index (χ1n) is 7.41. The number of benzene rings is 2. The molecule has 0 unspecified atom stereocenters. The number of nitro benzene ring substituents is 1. The highest BCUT2D eigenvalue weighted by atomic mass is 16.6. The molecule has 0 radical (unpaired) electrons. The van der Waals surface area contributed by atoms with E-state index in [4.69, 9.17) is 9.47 Å². The number of ether oxygens (including phenoxy) is 2. The van der Waals surface area contributed by atoms with E-state index in [0.717, 1.165) is 6.42 Å². The number of amides is 1. The number of nitrogens with zero attached hydrogens (tertiary/aromatic N) is 1. The summed E-state index contributed by atoms with van der Waals surface area (Å²) in [6.07, 6.45) is 0.795. The molecule has 126 valence electrons. The molecule has 2 aromatic carbocycles. The maximum absolute atomic E-state index is 12.2. The summed E-state index contributed by atoms with van der Waals surface area (Å²) in [6.45, 7) is 2.41. The summed E-state index contributed by atoms with van der Waals surface area (Å²) >= 11 is 0. The van der Waals surface area contributed by atoms with Crippen LogP contribution in [-0.2, 0) is 0 Å². The average molecular weight is 330 g/mol. The number of carbonyl (C=O) groups is 1. The predicted octanol–water partition coefficient (Wildman–Crippen LogP) is 3.64. The van der Waals surface area contributed by atoms with Gasteiger partial charge in [0.2, 0.25) is 0 Å². The number of rotatable bonds is 7. The lowest BCUT2D eigenvalue weighted by atomic mass is 10.2. The molecule has 1 N–H and O–H groups in total. The normalized spacial score (nSPS) is 10.1. The van der Waals surface area contributed by atoms with Crippen molar-refractivity contribution >= 4 is 17.3 Å².